The Morgan fingerprint density at radius 3 is 2.41 bits per heavy atom. The molecule has 1 amide bonds. The first-order chi connectivity index (χ1) is 13.2. The predicted molar refractivity (Wildman–Crippen MR) is 113 cm³/mol. The fourth-order valence-electron chi connectivity index (χ4n) is 3.07. The van der Waals surface area contributed by atoms with Crippen LogP contribution in [0.5, 0.6) is 5.75 Å². The van der Waals surface area contributed by atoms with Gasteiger partial charge >= 0.3 is 0 Å². The lowest BCUT2D eigenvalue weighted by molar-refractivity contribution is -0.133. The minimum absolute atomic E-state index is 0.0715. The molecule has 1 aromatic rings. The zero-order chi connectivity index (χ0) is 19.7. The number of hydrogen-bond acceptors (Lipinski definition) is 4. The van der Waals surface area contributed by atoms with Gasteiger partial charge in [-0.15, -0.1) is 0 Å². The summed E-state index contributed by atoms with van der Waals surface area (Å²) in [6.45, 7) is 4.95. The topological polar surface area (TPSA) is 81.6 Å². The van der Waals surface area contributed by atoms with E-state index in [-0.39, 0.29) is 5.91 Å². The summed E-state index contributed by atoms with van der Waals surface area (Å²) < 4.78 is 5.75. The molecule has 0 radical (unpaired) electrons. The number of nitrogens with two attached hydrogens (primary N) is 2. The maximum atomic E-state index is 12.8. The molecule has 0 aliphatic heterocycles. The summed E-state index contributed by atoms with van der Waals surface area (Å²) in [4.78, 5) is 14.7. The third-order valence-electron chi connectivity index (χ3n) is 4.71. The van der Waals surface area contributed by atoms with Crippen LogP contribution < -0.4 is 16.2 Å². The van der Waals surface area contributed by atoms with Crippen LogP contribution in [-0.2, 0) is 4.79 Å². The van der Waals surface area contributed by atoms with Gasteiger partial charge in [0.25, 0.3) is 0 Å². The summed E-state index contributed by atoms with van der Waals surface area (Å²) in [6.07, 6.45) is 9.28. The van der Waals surface area contributed by atoms with E-state index in [0.717, 1.165) is 38.0 Å². The minimum Gasteiger partial charge on any atom is -0.494 e. The van der Waals surface area contributed by atoms with Crippen molar-refractivity contribution in [3.05, 3.63) is 30.3 Å². The Labute approximate surface area is 165 Å². The van der Waals surface area contributed by atoms with E-state index in [2.05, 4.69) is 6.92 Å². The van der Waals surface area contributed by atoms with Crippen LogP contribution in [0.3, 0.4) is 0 Å². The lowest BCUT2D eigenvalue weighted by Crippen LogP contribution is -2.45. The Kier molecular flexibility index (Phi) is 13.4. The summed E-state index contributed by atoms with van der Waals surface area (Å²) in [5.41, 5.74) is 11.7. The van der Waals surface area contributed by atoms with Crippen LogP contribution in [-0.4, -0.2) is 43.1 Å². The first kappa shape index (κ1) is 23.4. The number of carbonyl (C=O) groups is 1. The lowest BCUT2D eigenvalue weighted by atomic mass is 10.1. The van der Waals surface area contributed by atoms with Crippen molar-refractivity contribution in [1.82, 2.24) is 4.90 Å². The Morgan fingerprint density at radius 1 is 1.00 bits per heavy atom. The number of nitrogens with zero attached hydrogens (tertiary/aromatic N) is 1. The van der Waals surface area contributed by atoms with Gasteiger partial charge in [0.2, 0.25) is 5.91 Å². The molecule has 0 bridgehead atoms. The van der Waals surface area contributed by atoms with Crippen molar-refractivity contribution in [3.8, 4) is 5.75 Å². The third-order valence-corrected chi connectivity index (χ3v) is 4.71. The monoisotopic (exact) mass is 377 g/mol. The number of amides is 1. The van der Waals surface area contributed by atoms with Gasteiger partial charge in [-0.05, 0) is 44.4 Å². The number of carbonyl (C=O) groups excluding carboxylic acids is 1. The Morgan fingerprint density at radius 2 is 1.70 bits per heavy atom. The normalized spacial score (nSPS) is 12.0. The van der Waals surface area contributed by atoms with Crippen molar-refractivity contribution in [1.29, 1.82) is 0 Å². The van der Waals surface area contributed by atoms with Crippen molar-refractivity contribution in [2.24, 2.45) is 11.5 Å². The molecule has 27 heavy (non-hydrogen) atoms. The second-order valence-electron chi connectivity index (χ2n) is 7.15. The molecular formula is C22H39N3O2. The summed E-state index contributed by atoms with van der Waals surface area (Å²) in [5.74, 6) is 0.940. The summed E-state index contributed by atoms with van der Waals surface area (Å²) in [5, 5.41) is 0. The molecule has 1 aromatic carbocycles. The first-order valence-electron chi connectivity index (χ1n) is 10.6. The van der Waals surface area contributed by atoms with E-state index in [1.807, 2.05) is 35.2 Å². The number of rotatable bonds is 16. The third kappa shape index (κ3) is 11.0. The summed E-state index contributed by atoms with van der Waals surface area (Å²) >= 11 is 0. The van der Waals surface area contributed by atoms with E-state index >= 15 is 0 Å². The van der Waals surface area contributed by atoms with Crippen LogP contribution >= 0.6 is 0 Å². The molecular weight excluding hydrogens is 338 g/mol. The van der Waals surface area contributed by atoms with Crippen molar-refractivity contribution in [2.75, 3.05) is 26.2 Å². The number of benzene rings is 1. The van der Waals surface area contributed by atoms with Gasteiger partial charge in [-0.3, -0.25) is 4.79 Å². The standard InChI is InChI=1S/C22H39N3O2/c1-2-3-4-5-11-17-25(22(26)21(24)15-9-10-16-23)18-12-19-27-20-13-7-6-8-14-20/h6-8,13-14,21H,2-5,9-12,15-19,23-24H2,1H3/t21-/m0/s1. The molecule has 1 atom stereocenters. The SMILES string of the molecule is CCCCCCCN(CCCOc1ccccc1)C(=O)[C@@H](N)CCCCN. The zero-order valence-electron chi connectivity index (χ0n) is 17.1. The second kappa shape index (κ2) is 15.5. The maximum Gasteiger partial charge on any atom is 0.239 e. The number of ether oxygens (including phenoxy) is 1. The van der Waals surface area contributed by atoms with E-state index in [1.54, 1.807) is 0 Å². The van der Waals surface area contributed by atoms with Gasteiger partial charge in [0.15, 0.2) is 0 Å². The quantitative estimate of drug-likeness (QED) is 0.430. The number of para-hydroxylation sites is 1. The second-order valence-corrected chi connectivity index (χ2v) is 7.15. The first-order valence-corrected chi connectivity index (χ1v) is 10.6. The molecule has 0 aliphatic carbocycles. The largest absolute Gasteiger partial charge is 0.494 e. The number of hydrogen-bond donors (Lipinski definition) is 2. The molecule has 0 heterocycles. The van der Waals surface area contributed by atoms with Crippen LogP contribution in [0, 0.1) is 0 Å². The Balaban J connectivity index is 2.41. The molecule has 0 unspecified atom stereocenters. The molecule has 154 valence electrons. The van der Waals surface area contributed by atoms with Crippen LogP contribution in [0.1, 0.15) is 64.7 Å². The van der Waals surface area contributed by atoms with Gasteiger partial charge in [-0.25, -0.2) is 0 Å². The average molecular weight is 378 g/mol. The van der Waals surface area contributed by atoms with Gasteiger partial charge in [0.1, 0.15) is 5.75 Å². The van der Waals surface area contributed by atoms with E-state index < -0.39 is 6.04 Å². The summed E-state index contributed by atoms with van der Waals surface area (Å²) in [7, 11) is 0. The fourth-order valence-corrected chi connectivity index (χ4v) is 3.07. The highest BCUT2D eigenvalue weighted by atomic mass is 16.5. The molecule has 5 heteroatoms. The lowest BCUT2D eigenvalue weighted by Gasteiger charge is -2.26. The molecule has 1 rings (SSSR count). The van der Waals surface area contributed by atoms with Gasteiger partial charge in [-0.2, -0.15) is 0 Å². The van der Waals surface area contributed by atoms with Crippen LogP contribution in [0.25, 0.3) is 0 Å². The van der Waals surface area contributed by atoms with E-state index in [4.69, 9.17) is 16.2 Å². The van der Waals surface area contributed by atoms with Crippen LogP contribution in [0.2, 0.25) is 0 Å². The van der Waals surface area contributed by atoms with Crippen molar-refractivity contribution >= 4 is 5.91 Å². The van der Waals surface area contributed by atoms with E-state index in [1.165, 1.54) is 25.7 Å². The van der Waals surface area contributed by atoms with Gasteiger partial charge in [-0.1, -0.05) is 57.2 Å². The number of unbranched alkanes of at least 4 members (excludes halogenated alkanes) is 5. The van der Waals surface area contributed by atoms with Crippen LogP contribution in [0.4, 0.5) is 0 Å². The highest BCUT2D eigenvalue weighted by Crippen LogP contribution is 2.10. The van der Waals surface area contributed by atoms with Gasteiger partial charge in [0.05, 0.1) is 12.6 Å². The molecule has 0 aliphatic rings. The molecule has 4 N–H and O–H groups in total. The van der Waals surface area contributed by atoms with E-state index in [0.29, 0.717) is 26.1 Å². The van der Waals surface area contributed by atoms with Crippen LogP contribution in [0.15, 0.2) is 30.3 Å². The summed E-state index contributed by atoms with van der Waals surface area (Å²) in [6, 6.07) is 9.37. The van der Waals surface area contributed by atoms with Crippen molar-refractivity contribution in [3.63, 3.8) is 0 Å². The molecule has 0 spiro atoms. The molecule has 0 saturated heterocycles. The van der Waals surface area contributed by atoms with Crippen molar-refractivity contribution < 1.29 is 9.53 Å². The maximum absolute atomic E-state index is 12.8. The van der Waals surface area contributed by atoms with Crippen molar-refractivity contribution in [2.45, 2.75) is 70.8 Å². The predicted octanol–water partition coefficient (Wildman–Crippen LogP) is 3.71. The van der Waals surface area contributed by atoms with E-state index in [9.17, 15) is 4.79 Å². The Hall–Kier alpha value is -1.59. The zero-order valence-corrected chi connectivity index (χ0v) is 17.1. The highest BCUT2D eigenvalue weighted by molar-refractivity contribution is 5.81. The smallest absolute Gasteiger partial charge is 0.239 e. The highest BCUT2D eigenvalue weighted by Gasteiger charge is 2.20. The molecule has 0 aromatic heterocycles. The minimum atomic E-state index is -0.415. The molecule has 0 saturated carbocycles. The van der Waals surface area contributed by atoms with Gasteiger partial charge < -0.3 is 21.1 Å². The average Bonchev–Trinajstić information content (AvgIpc) is 2.69. The Bertz CT molecular complexity index is 482. The molecule has 5 nitrogen and oxygen atoms in total. The van der Waals surface area contributed by atoms with Gasteiger partial charge in [0, 0.05) is 13.1 Å². The molecule has 0 fully saturated rings. The fraction of sp³-hybridized carbons (Fsp3) is 0.682.